The molecule has 0 heterocycles. The lowest BCUT2D eigenvalue weighted by molar-refractivity contribution is -0.153. The van der Waals surface area contributed by atoms with Crippen LogP contribution >= 0.6 is 0 Å². The van der Waals surface area contributed by atoms with E-state index in [0.29, 0.717) is 25.6 Å². The molecule has 0 bridgehead atoms. The van der Waals surface area contributed by atoms with Gasteiger partial charge >= 0.3 is 6.18 Å². The van der Waals surface area contributed by atoms with Crippen molar-refractivity contribution in [2.45, 2.75) is 19.6 Å². The Kier molecular flexibility index (Phi) is 7.75. The fourth-order valence-corrected chi connectivity index (χ4v) is 1.74. The van der Waals surface area contributed by atoms with E-state index < -0.39 is 12.8 Å². The molecule has 0 amide bonds. The Morgan fingerprint density at radius 3 is 2.62 bits per heavy atom. The summed E-state index contributed by atoms with van der Waals surface area (Å²) in [5.74, 6) is 3.24. The van der Waals surface area contributed by atoms with Crippen LogP contribution in [-0.4, -0.2) is 38.9 Å². The number of halogens is 3. The van der Waals surface area contributed by atoms with Crippen molar-refractivity contribution in [1.29, 1.82) is 0 Å². The zero-order valence-electron chi connectivity index (χ0n) is 13.5. The summed E-state index contributed by atoms with van der Waals surface area (Å²) in [6, 6.07) is 4.64. The largest absolute Gasteiger partial charge is 0.493 e. The highest BCUT2D eigenvalue weighted by atomic mass is 19.4. The second-order valence-corrected chi connectivity index (χ2v) is 4.64. The van der Waals surface area contributed by atoms with Gasteiger partial charge in [-0.15, -0.1) is 6.42 Å². The van der Waals surface area contributed by atoms with Crippen LogP contribution in [0.5, 0.6) is 11.5 Å². The molecule has 0 saturated carbocycles. The number of nitrogens with zero attached hydrogens (tertiary/aromatic N) is 1. The Labute approximate surface area is 139 Å². The van der Waals surface area contributed by atoms with Crippen molar-refractivity contribution in [1.82, 2.24) is 10.6 Å². The molecule has 1 aromatic rings. The Bertz CT molecular complexity index is 595. The number of guanidine groups is 1. The average Bonchev–Trinajstić information content (AvgIpc) is 2.55. The summed E-state index contributed by atoms with van der Waals surface area (Å²) < 4.78 is 46.5. The minimum atomic E-state index is -4.41. The van der Waals surface area contributed by atoms with E-state index >= 15 is 0 Å². The Morgan fingerprint density at radius 2 is 2.04 bits per heavy atom. The maximum absolute atomic E-state index is 12.2. The molecule has 0 aliphatic carbocycles. The Morgan fingerprint density at radius 1 is 1.29 bits per heavy atom. The van der Waals surface area contributed by atoms with Crippen LogP contribution in [-0.2, 0) is 6.54 Å². The summed E-state index contributed by atoms with van der Waals surface area (Å²) >= 11 is 0. The van der Waals surface area contributed by atoms with Crippen LogP contribution in [0.4, 0.5) is 13.2 Å². The third-order valence-electron chi connectivity index (χ3n) is 2.74. The van der Waals surface area contributed by atoms with Gasteiger partial charge in [0.15, 0.2) is 24.1 Å². The highest BCUT2D eigenvalue weighted by Crippen LogP contribution is 2.30. The van der Waals surface area contributed by atoms with Gasteiger partial charge in [0.2, 0.25) is 0 Å². The van der Waals surface area contributed by atoms with Crippen molar-refractivity contribution in [2.75, 3.05) is 26.8 Å². The lowest BCUT2D eigenvalue weighted by Gasteiger charge is -2.13. The van der Waals surface area contributed by atoms with Crippen molar-refractivity contribution < 1.29 is 22.6 Å². The van der Waals surface area contributed by atoms with Crippen molar-refractivity contribution in [3.05, 3.63) is 23.8 Å². The number of benzene rings is 1. The molecule has 1 rings (SSSR count). The molecule has 0 fully saturated rings. The average molecular weight is 343 g/mol. The van der Waals surface area contributed by atoms with Crippen molar-refractivity contribution in [3.8, 4) is 23.8 Å². The molecule has 0 spiro atoms. The fraction of sp³-hybridized carbons (Fsp3) is 0.438. The minimum absolute atomic E-state index is 0.0277. The van der Waals surface area contributed by atoms with Crippen LogP contribution in [0.2, 0.25) is 0 Å². The minimum Gasteiger partial charge on any atom is -0.493 e. The van der Waals surface area contributed by atoms with E-state index in [0.717, 1.165) is 5.56 Å². The molecular weight excluding hydrogens is 323 g/mol. The molecule has 0 aliphatic heterocycles. The molecule has 0 unspecified atom stereocenters. The van der Waals surface area contributed by atoms with Gasteiger partial charge in [0, 0.05) is 6.54 Å². The molecule has 0 aliphatic rings. The van der Waals surface area contributed by atoms with Gasteiger partial charge in [-0.1, -0.05) is 12.0 Å². The van der Waals surface area contributed by atoms with Gasteiger partial charge in [0.1, 0.15) is 0 Å². The van der Waals surface area contributed by atoms with Crippen molar-refractivity contribution in [3.63, 3.8) is 0 Å². The first-order valence-electron chi connectivity index (χ1n) is 7.21. The number of aliphatic imine (C=N–C) groups is 1. The number of hydrogen-bond donors (Lipinski definition) is 2. The first-order valence-corrected chi connectivity index (χ1v) is 7.21. The maximum atomic E-state index is 12.2. The molecule has 132 valence electrons. The molecule has 1 aromatic carbocycles. The standard InChI is InChI=1S/C16H20F3N3O2/c1-4-8-21-15(20-5-2)22-10-12-6-7-13(14(9-12)23-3)24-11-16(17,18)19/h1,6-7,9H,5,8,10-11H2,2-3H3,(H2,20,21,22). The van der Waals surface area contributed by atoms with Crippen LogP contribution < -0.4 is 20.1 Å². The monoisotopic (exact) mass is 343 g/mol. The zero-order valence-corrected chi connectivity index (χ0v) is 13.5. The van der Waals surface area contributed by atoms with E-state index in [9.17, 15) is 13.2 Å². The van der Waals surface area contributed by atoms with Gasteiger partial charge in [-0.2, -0.15) is 13.2 Å². The third kappa shape index (κ3) is 7.13. The first-order chi connectivity index (χ1) is 11.4. The first kappa shape index (κ1) is 19.5. The maximum Gasteiger partial charge on any atom is 0.422 e. The molecule has 24 heavy (non-hydrogen) atoms. The highest BCUT2D eigenvalue weighted by molar-refractivity contribution is 5.80. The Hall–Kier alpha value is -2.56. The normalized spacial score (nSPS) is 11.6. The molecule has 5 nitrogen and oxygen atoms in total. The van der Waals surface area contributed by atoms with Gasteiger partial charge in [-0.05, 0) is 24.6 Å². The van der Waals surface area contributed by atoms with Crippen LogP contribution in [0.15, 0.2) is 23.2 Å². The number of nitrogens with one attached hydrogen (secondary N) is 2. The van der Waals surface area contributed by atoms with E-state index in [-0.39, 0.29) is 11.5 Å². The zero-order chi connectivity index (χ0) is 18.0. The van der Waals surface area contributed by atoms with E-state index in [4.69, 9.17) is 15.9 Å². The molecule has 0 aromatic heterocycles. The summed E-state index contributed by atoms with van der Waals surface area (Å²) in [4.78, 5) is 4.33. The second-order valence-electron chi connectivity index (χ2n) is 4.64. The number of methoxy groups -OCH3 is 1. The summed E-state index contributed by atoms with van der Waals surface area (Å²) in [7, 11) is 1.36. The number of alkyl halides is 3. The highest BCUT2D eigenvalue weighted by Gasteiger charge is 2.29. The molecular formula is C16H20F3N3O2. The quantitative estimate of drug-likeness (QED) is 0.453. The molecule has 0 radical (unpaired) electrons. The van der Waals surface area contributed by atoms with Crippen LogP contribution in [0, 0.1) is 12.3 Å². The second kappa shape index (κ2) is 9.55. The van der Waals surface area contributed by atoms with Crippen molar-refractivity contribution >= 4 is 5.96 Å². The van der Waals surface area contributed by atoms with Crippen LogP contribution in [0.25, 0.3) is 0 Å². The topological polar surface area (TPSA) is 54.9 Å². The van der Waals surface area contributed by atoms with Gasteiger partial charge in [0.05, 0.1) is 20.2 Å². The molecule has 2 N–H and O–H groups in total. The number of rotatable bonds is 7. The number of terminal acetylenes is 1. The predicted octanol–water partition coefficient (Wildman–Crippen LogP) is 2.32. The summed E-state index contributed by atoms with van der Waals surface area (Å²) in [5, 5.41) is 5.97. The SMILES string of the molecule is C#CCNC(=NCc1ccc(OCC(F)(F)F)c(OC)c1)NCC. The predicted molar refractivity (Wildman–Crippen MR) is 86.2 cm³/mol. The number of ether oxygens (including phenoxy) is 2. The van der Waals surface area contributed by atoms with E-state index in [1.807, 2.05) is 6.92 Å². The van der Waals surface area contributed by atoms with Gasteiger partial charge in [0.25, 0.3) is 0 Å². The van der Waals surface area contributed by atoms with E-state index in [1.165, 1.54) is 13.2 Å². The van der Waals surface area contributed by atoms with Crippen molar-refractivity contribution in [2.24, 2.45) is 4.99 Å². The van der Waals surface area contributed by atoms with Crippen LogP contribution in [0.3, 0.4) is 0 Å². The smallest absolute Gasteiger partial charge is 0.422 e. The van der Waals surface area contributed by atoms with Gasteiger partial charge in [-0.25, -0.2) is 4.99 Å². The summed E-state index contributed by atoms with van der Waals surface area (Å²) in [5.41, 5.74) is 0.754. The van der Waals surface area contributed by atoms with Gasteiger partial charge in [-0.3, -0.25) is 0 Å². The van der Waals surface area contributed by atoms with E-state index in [1.54, 1.807) is 12.1 Å². The third-order valence-corrected chi connectivity index (χ3v) is 2.74. The molecule has 0 saturated heterocycles. The summed E-state index contributed by atoms with van der Waals surface area (Å²) in [6.07, 6.45) is 0.783. The van der Waals surface area contributed by atoms with Crippen LogP contribution in [0.1, 0.15) is 12.5 Å². The Balaban J connectivity index is 2.80. The van der Waals surface area contributed by atoms with Gasteiger partial charge < -0.3 is 20.1 Å². The molecule has 0 atom stereocenters. The number of hydrogen-bond acceptors (Lipinski definition) is 3. The molecule has 8 heteroatoms. The lowest BCUT2D eigenvalue weighted by atomic mass is 10.2. The fourth-order valence-electron chi connectivity index (χ4n) is 1.74. The van der Waals surface area contributed by atoms with E-state index in [2.05, 4.69) is 21.5 Å². The lowest BCUT2D eigenvalue weighted by Crippen LogP contribution is -2.37. The summed E-state index contributed by atoms with van der Waals surface area (Å²) in [6.45, 7) is 1.85.